The molecule has 3 atom stereocenters. The Balaban J connectivity index is 1.94. The Labute approximate surface area is 112 Å². The third-order valence-electron chi connectivity index (χ3n) is 4.71. The Hall–Kier alpha value is -0.590. The molecular formula is C15H27N3. The number of nitriles is 1. The zero-order valence-electron chi connectivity index (χ0n) is 12.0. The maximum absolute atomic E-state index is 8.88. The second-order valence-corrected chi connectivity index (χ2v) is 6.46. The summed E-state index contributed by atoms with van der Waals surface area (Å²) in [6.45, 7) is 9.96. The molecule has 3 unspecified atom stereocenters. The van der Waals surface area contributed by atoms with Crippen molar-refractivity contribution >= 4 is 0 Å². The predicted octanol–water partition coefficient (Wildman–Crippen LogP) is 2.24. The maximum Gasteiger partial charge on any atom is 0.0666 e. The molecule has 2 bridgehead atoms. The molecule has 0 aromatic heterocycles. The molecule has 3 nitrogen and oxygen atoms in total. The number of nitrogens with zero attached hydrogens (tertiary/aromatic N) is 2. The average molecular weight is 249 g/mol. The van der Waals surface area contributed by atoms with E-state index in [2.05, 4.69) is 30.1 Å². The SMILES string of the molecule is CC(C#N)CNC1C2CCCC1CN(C(C)C)C2. The van der Waals surface area contributed by atoms with Crippen molar-refractivity contribution in [2.45, 2.75) is 52.1 Å². The van der Waals surface area contributed by atoms with Gasteiger partial charge in [-0.15, -0.1) is 0 Å². The van der Waals surface area contributed by atoms with Crippen LogP contribution in [0.2, 0.25) is 0 Å². The molecule has 1 saturated carbocycles. The molecule has 0 spiro atoms. The van der Waals surface area contributed by atoms with Gasteiger partial charge in [-0.3, -0.25) is 0 Å². The summed E-state index contributed by atoms with van der Waals surface area (Å²) < 4.78 is 0. The highest BCUT2D eigenvalue weighted by atomic mass is 15.2. The number of piperidine rings is 1. The number of rotatable bonds is 4. The Morgan fingerprint density at radius 2 is 1.83 bits per heavy atom. The summed E-state index contributed by atoms with van der Waals surface area (Å²) in [6, 6.07) is 3.65. The van der Waals surface area contributed by atoms with E-state index >= 15 is 0 Å². The molecule has 0 radical (unpaired) electrons. The summed E-state index contributed by atoms with van der Waals surface area (Å²) in [5.41, 5.74) is 0. The highest BCUT2D eigenvalue weighted by molar-refractivity contribution is 4.96. The third kappa shape index (κ3) is 3.05. The summed E-state index contributed by atoms with van der Waals surface area (Å²) in [4.78, 5) is 2.64. The van der Waals surface area contributed by atoms with E-state index in [1.165, 1.54) is 32.4 Å². The van der Waals surface area contributed by atoms with Crippen LogP contribution in [-0.4, -0.2) is 36.6 Å². The van der Waals surface area contributed by atoms with Crippen LogP contribution in [0.4, 0.5) is 0 Å². The van der Waals surface area contributed by atoms with E-state index in [0.29, 0.717) is 12.1 Å². The van der Waals surface area contributed by atoms with Gasteiger partial charge >= 0.3 is 0 Å². The Kier molecular flexibility index (Phi) is 4.64. The first kappa shape index (κ1) is 13.8. The molecular weight excluding hydrogens is 222 g/mol. The summed E-state index contributed by atoms with van der Waals surface area (Å²) >= 11 is 0. The van der Waals surface area contributed by atoms with Crippen molar-refractivity contribution in [1.29, 1.82) is 5.26 Å². The minimum Gasteiger partial charge on any atom is -0.312 e. The lowest BCUT2D eigenvalue weighted by Crippen LogP contribution is -2.58. The molecule has 102 valence electrons. The van der Waals surface area contributed by atoms with Gasteiger partial charge in [-0.05, 0) is 45.4 Å². The first-order chi connectivity index (χ1) is 8.61. The monoisotopic (exact) mass is 249 g/mol. The smallest absolute Gasteiger partial charge is 0.0666 e. The minimum atomic E-state index is 0.133. The standard InChI is InChI=1S/C15H27N3/c1-11(2)18-9-13-5-4-6-14(10-18)15(13)17-8-12(3)7-16/h11-15,17H,4-6,8-10H2,1-3H3. The van der Waals surface area contributed by atoms with Gasteiger partial charge in [0.15, 0.2) is 0 Å². The third-order valence-corrected chi connectivity index (χ3v) is 4.71. The second-order valence-electron chi connectivity index (χ2n) is 6.46. The molecule has 3 heteroatoms. The van der Waals surface area contributed by atoms with Gasteiger partial charge in [0.1, 0.15) is 0 Å². The van der Waals surface area contributed by atoms with Crippen LogP contribution in [0, 0.1) is 29.1 Å². The van der Waals surface area contributed by atoms with Crippen LogP contribution in [0.5, 0.6) is 0 Å². The Morgan fingerprint density at radius 3 is 2.33 bits per heavy atom. The van der Waals surface area contributed by atoms with E-state index in [1.807, 2.05) is 6.92 Å². The minimum absolute atomic E-state index is 0.133. The highest BCUT2D eigenvalue weighted by Crippen LogP contribution is 2.35. The molecule has 1 aliphatic carbocycles. The van der Waals surface area contributed by atoms with Gasteiger partial charge in [0.05, 0.1) is 12.0 Å². The van der Waals surface area contributed by atoms with Crippen LogP contribution >= 0.6 is 0 Å². The van der Waals surface area contributed by atoms with Crippen molar-refractivity contribution in [3.8, 4) is 6.07 Å². The zero-order valence-corrected chi connectivity index (χ0v) is 12.0. The quantitative estimate of drug-likeness (QED) is 0.830. The van der Waals surface area contributed by atoms with Gasteiger partial charge in [0.2, 0.25) is 0 Å². The molecule has 2 fully saturated rings. The van der Waals surface area contributed by atoms with Crippen LogP contribution < -0.4 is 5.32 Å². The van der Waals surface area contributed by atoms with Gasteiger partial charge in [-0.25, -0.2) is 0 Å². The Morgan fingerprint density at radius 1 is 1.22 bits per heavy atom. The number of hydrogen-bond acceptors (Lipinski definition) is 3. The fraction of sp³-hybridized carbons (Fsp3) is 0.933. The van der Waals surface area contributed by atoms with Crippen LogP contribution in [-0.2, 0) is 0 Å². The summed E-state index contributed by atoms with van der Waals surface area (Å²) in [5.74, 6) is 1.73. The lowest BCUT2D eigenvalue weighted by atomic mass is 9.73. The summed E-state index contributed by atoms with van der Waals surface area (Å²) in [6.07, 6.45) is 4.11. The van der Waals surface area contributed by atoms with Crippen LogP contribution in [0.1, 0.15) is 40.0 Å². The first-order valence-corrected chi connectivity index (χ1v) is 7.49. The normalized spacial score (nSPS) is 34.3. The van der Waals surface area contributed by atoms with E-state index in [-0.39, 0.29) is 5.92 Å². The average Bonchev–Trinajstić information content (AvgIpc) is 2.34. The van der Waals surface area contributed by atoms with Crippen molar-refractivity contribution < 1.29 is 0 Å². The van der Waals surface area contributed by atoms with Crippen LogP contribution in [0.3, 0.4) is 0 Å². The van der Waals surface area contributed by atoms with Gasteiger partial charge in [-0.2, -0.15) is 5.26 Å². The topological polar surface area (TPSA) is 39.1 Å². The molecule has 1 saturated heterocycles. The predicted molar refractivity (Wildman–Crippen MR) is 74.1 cm³/mol. The first-order valence-electron chi connectivity index (χ1n) is 7.49. The van der Waals surface area contributed by atoms with Crippen molar-refractivity contribution in [3.05, 3.63) is 0 Å². The van der Waals surface area contributed by atoms with Crippen molar-refractivity contribution in [1.82, 2.24) is 10.2 Å². The summed E-state index contributed by atoms with van der Waals surface area (Å²) in [5, 5.41) is 12.6. The van der Waals surface area contributed by atoms with E-state index in [0.717, 1.165) is 18.4 Å². The van der Waals surface area contributed by atoms with Gasteiger partial charge < -0.3 is 10.2 Å². The number of hydrogen-bond donors (Lipinski definition) is 1. The highest BCUT2D eigenvalue weighted by Gasteiger charge is 2.39. The molecule has 2 rings (SSSR count). The maximum atomic E-state index is 8.88. The molecule has 0 amide bonds. The molecule has 1 heterocycles. The number of nitrogens with one attached hydrogen (secondary N) is 1. The van der Waals surface area contributed by atoms with Gasteiger partial charge in [-0.1, -0.05) is 6.42 Å². The lowest BCUT2D eigenvalue weighted by Gasteiger charge is -2.49. The van der Waals surface area contributed by atoms with Crippen molar-refractivity contribution in [2.24, 2.45) is 17.8 Å². The number of likely N-dealkylation sites (tertiary alicyclic amines) is 1. The van der Waals surface area contributed by atoms with Gasteiger partial charge in [0.25, 0.3) is 0 Å². The van der Waals surface area contributed by atoms with E-state index < -0.39 is 0 Å². The summed E-state index contributed by atoms with van der Waals surface area (Å²) in [7, 11) is 0. The van der Waals surface area contributed by atoms with Crippen molar-refractivity contribution in [2.75, 3.05) is 19.6 Å². The fourth-order valence-electron chi connectivity index (χ4n) is 3.59. The zero-order chi connectivity index (χ0) is 13.1. The van der Waals surface area contributed by atoms with Crippen molar-refractivity contribution in [3.63, 3.8) is 0 Å². The largest absolute Gasteiger partial charge is 0.312 e. The second kappa shape index (κ2) is 6.04. The van der Waals surface area contributed by atoms with Gasteiger partial charge in [0, 0.05) is 31.7 Å². The molecule has 2 aliphatic rings. The number of fused-ring (bicyclic) bond motifs is 2. The Bertz CT molecular complexity index is 293. The molecule has 0 aromatic rings. The molecule has 18 heavy (non-hydrogen) atoms. The van der Waals surface area contributed by atoms with E-state index in [1.54, 1.807) is 0 Å². The molecule has 1 aliphatic heterocycles. The fourth-order valence-corrected chi connectivity index (χ4v) is 3.59. The van der Waals surface area contributed by atoms with E-state index in [4.69, 9.17) is 5.26 Å². The van der Waals surface area contributed by atoms with Crippen LogP contribution in [0.15, 0.2) is 0 Å². The lowest BCUT2D eigenvalue weighted by molar-refractivity contribution is 0.0291. The molecule has 1 N–H and O–H groups in total. The molecule has 0 aromatic carbocycles. The van der Waals surface area contributed by atoms with Crippen LogP contribution in [0.25, 0.3) is 0 Å². The van der Waals surface area contributed by atoms with E-state index in [9.17, 15) is 0 Å².